The monoisotopic (exact) mass is 357 g/mol. The fraction of sp³-hybridized carbons (Fsp3) is 0.353. The van der Waals surface area contributed by atoms with Crippen molar-refractivity contribution in [1.82, 2.24) is 20.5 Å². The minimum atomic E-state index is -0.281. The van der Waals surface area contributed by atoms with Crippen LogP contribution in [0.4, 0.5) is 5.13 Å². The van der Waals surface area contributed by atoms with Crippen LogP contribution in [0.5, 0.6) is 0 Å². The predicted octanol–water partition coefficient (Wildman–Crippen LogP) is 3.15. The number of thiazole rings is 1. The van der Waals surface area contributed by atoms with Crippen LogP contribution in [0, 0.1) is 6.92 Å². The summed E-state index contributed by atoms with van der Waals surface area (Å²) in [7, 11) is 0. The maximum Gasteiger partial charge on any atom is 0.277 e. The second-order valence-electron chi connectivity index (χ2n) is 6.12. The highest BCUT2D eigenvalue weighted by atomic mass is 32.1. The molecule has 0 aromatic carbocycles. The largest absolute Gasteiger partial charge is 0.460 e. The average Bonchev–Trinajstić information content (AvgIpc) is 3.35. The van der Waals surface area contributed by atoms with E-state index in [0.717, 1.165) is 31.7 Å². The van der Waals surface area contributed by atoms with Gasteiger partial charge >= 0.3 is 0 Å². The number of anilines is 1. The van der Waals surface area contributed by atoms with Gasteiger partial charge in [0.1, 0.15) is 11.5 Å². The van der Waals surface area contributed by atoms with Crippen LogP contribution < -0.4 is 10.6 Å². The molecule has 0 saturated carbocycles. The summed E-state index contributed by atoms with van der Waals surface area (Å²) in [6.45, 7) is 3.94. The molecule has 1 aliphatic heterocycles. The summed E-state index contributed by atoms with van der Waals surface area (Å²) in [5, 5.41) is 13.7. The van der Waals surface area contributed by atoms with Crippen molar-refractivity contribution < 1.29 is 9.21 Å². The Hall–Kier alpha value is -2.45. The SMILES string of the molecule is Cc1ccc(-c2cc(C(=O)Nc3ncc(C4CCNCC4)s3)n[nH]2)o1. The number of hydrogen-bond donors (Lipinski definition) is 3. The average molecular weight is 357 g/mol. The first kappa shape index (κ1) is 16.0. The third-order valence-electron chi connectivity index (χ3n) is 4.30. The molecule has 1 aliphatic rings. The summed E-state index contributed by atoms with van der Waals surface area (Å²) in [5.74, 6) is 1.72. The van der Waals surface area contributed by atoms with E-state index in [1.165, 1.54) is 4.88 Å². The number of aromatic amines is 1. The molecule has 3 aromatic rings. The number of aryl methyl sites for hydroxylation is 1. The van der Waals surface area contributed by atoms with Gasteiger partial charge in [0.05, 0.1) is 0 Å². The molecule has 0 unspecified atom stereocenters. The number of rotatable bonds is 4. The van der Waals surface area contributed by atoms with Crippen LogP contribution in [0.25, 0.3) is 11.5 Å². The fourth-order valence-electron chi connectivity index (χ4n) is 2.94. The van der Waals surface area contributed by atoms with Crippen molar-refractivity contribution in [2.45, 2.75) is 25.7 Å². The molecule has 0 spiro atoms. The van der Waals surface area contributed by atoms with E-state index in [0.29, 0.717) is 28.2 Å². The molecule has 0 aliphatic carbocycles. The quantitative estimate of drug-likeness (QED) is 0.666. The van der Waals surface area contributed by atoms with E-state index in [9.17, 15) is 4.79 Å². The summed E-state index contributed by atoms with van der Waals surface area (Å²) in [6, 6.07) is 5.39. The summed E-state index contributed by atoms with van der Waals surface area (Å²) in [4.78, 5) is 17.9. The van der Waals surface area contributed by atoms with Crippen LogP contribution in [0.2, 0.25) is 0 Å². The van der Waals surface area contributed by atoms with Crippen LogP contribution in [-0.4, -0.2) is 34.2 Å². The Kier molecular flexibility index (Phi) is 4.37. The second kappa shape index (κ2) is 6.81. The molecular weight excluding hydrogens is 338 g/mol. The zero-order chi connectivity index (χ0) is 17.2. The van der Waals surface area contributed by atoms with Crippen molar-refractivity contribution in [3.8, 4) is 11.5 Å². The fourth-order valence-corrected chi connectivity index (χ4v) is 3.92. The van der Waals surface area contributed by atoms with Gasteiger partial charge in [-0.25, -0.2) is 4.98 Å². The van der Waals surface area contributed by atoms with E-state index in [-0.39, 0.29) is 5.91 Å². The van der Waals surface area contributed by atoms with Gasteiger partial charge in [0.15, 0.2) is 16.6 Å². The molecule has 7 nitrogen and oxygen atoms in total. The van der Waals surface area contributed by atoms with Gasteiger partial charge < -0.3 is 9.73 Å². The lowest BCUT2D eigenvalue weighted by Crippen LogP contribution is -2.26. The molecule has 8 heteroatoms. The highest BCUT2D eigenvalue weighted by molar-refractivity contribution is 7.15. The van der Waals surface area contributed by atoms with Crippen molar-refractivity contribution in [2.75, 3.05) is 18.4 Å². The van der Waals surface area contributed by atoms with Crippen molar-refractivity contribution in [1.29, 1.82) is 0 Å². The summed E-state index contributed by atoms with van der Waals surface area (Å²) in [5.41, 5.74) is 0.982. The summed E-state index contributed by atoms with van der Waals surface area (Å²) in [6.07, 6.45) is 4.10. The number of piperidine rings is 1. The van der Waals surface area contributed by atoms with E-state index in [1.807, 2.05) is 25.3 Å². The van der Waals surface area contributed by atoms with Crippen LogP contribution >= 0.6 is 11.3 Å². The Morgan fingerprint density at radius 1 is 1.36 bits per heavy atom. The van der Waals surface area contributed by atoms with Gasteiger partial charge in [0.25, 0.3) is 5.91 Å². The Balaban J connectivity index is 1.43. The molecule has 1 fully saturated rings. The van der Waals surface area contributed by atoms with Gasteiger partial charge in [0, 0.05) is 17.1 Å². The molecule has 4 rings (SSSR count). The highest BCUT2D eigenvalue weighted by Gasteiger charge is 2.19. The van der Waals surface area contributed by atoms with Gasteiger partial charge in [-0.15, -0.1) is 11.3 Å². The smallest absolute Gasteiger partial charge is 0.277 e. The Bertz CT molecular complexity index is 875. The highest BCUT2D eigenvalue weighted by Crippen LogP contribution is 2.31. The molecule has 1 amide bonds. The lowest BCUT2D eigenvalue weighted by molar-refractivity contribution is 0.102. The minimum Gasteiger partial charge on any atom is -0.460 e. The zero-order valence-corrected chi connectivity index (χ0v) is 14.7. The van der Waals surface area contributed by atoms with Gasteiger partial charge in [-0.2, -0.15) is 5.10 Å². The molecule has 130 valence electrons. The molecule has 0 radical (unpaired) electrons. The van der Waals surface area contributed by atoms with Crippen molar-refractivity contribution in [3.05, 3.63) is 40.7 Å². The van der Waals surface area contributed by atoms with E-state index < -0.39 is 0 Å². The molecular formula is C17H19N5O2S. The van der Waals surface area contributed by atoms with Crippen LogP contribution in [-0.2, 0) is 0 Å². The van der Waals surface area contributed by atoms with Crippen molar-refractivity contribution in [3.63, 3.8) is 0 Å². The van der Waals surface area contributed by atoms with E-state index >= 15 is 0 Å². The Morgan fingerprint density at radius 3 is 2.96 bits per heavy atom. The van der Waals surface area contributed by atoms with Crippen molar-refractivity contribution >= 4 is 22.4 Å². The Morgan fingerprint density at radius 2 is 2.20 bits per heavy atom. The first-order chi connectivity index (χ1) is 12.2. The maximum absolute atomic E-state index is 12.4. The standard InChI is InChI=1S/C17H19N5O2S/c1-10-2-3-14(24-10)12-8-13(22-21-12)16(23)20-17-19-9-15(25-17)11-4-6-18-7-5-11/h2-3,8-9,11,18H,4-7H2,1H3,(H,21,22)(H,19,20,23). The number of hydrogen-bond acceptors (Lipinski definition) is 6. The Labute approximate surface area is 148 Å². The number of aromatic nitrogens is 3. The zero-order valence-electron chi connectivity index (χ0n) is 13.8. The molecule has 4 heterocycles. The van der Waals surface area contributed by atoms with Crippen molar-refractivity contribution in [2.24, 2.45) is 0 Å². The first-order valence-electron chi connectivity index (χ1n) is 8.29. The van der Waals surface area contributed by atoms with Gasteiger partial charge in [0.2, 0.25) is 0 Å². The van der Waals surface area contributed by atoms with E-state index in [4.69, 9.17) is 4.42 Å². The third kappa shape index (κ3) is 3.49. The predicted molar refractivity (Wildman–Crippen MR) is 95.9 cm³/mol. The van der Waals surface area contributed by atoms with E-state index in [2.05, 4.69) is 25.8 Å². The maximum atomic E-state index is 12.4. The summed E-state index contributed by atoms with van der Waals surface area (Å²) >= 11 is 1.54. The molecule has 3 aromatic heterocycles. The molecule has 0 atom stereocenters. The number of H-pyrrole nitrogens is 1. The van der Waals surface area contributed by atoms with Crippen LogP contribution in [0.1, 0.15) is 39.9 Å². The number of amides is 1. The van der Waals surface area contributed by atoms with Gasteiger partial charge in [-0.05, 0) is 50.9 Å². The number of nitrogens with one attached hydrogen (secondary N) is 3. The molecule has 1 saturated heterocycles. The van der Waals surface area contributed by atoms with Gasteiger partial charge in [-0.1, -0.05) is 0 Å². The van der Waals surface area contributed by atoms with Gasteiger partial charge in [-0.3, -0.25) is 15.2 Å². The first-order valence-corrected chi connectivity index (χ1v) is 9.11. The molecule has 3 N–H and O–H groups in total. The topological polar surface area (TPSA) is 95.8 Å². The number of furan rings is 1. The van der Waals surface area contributed by atoms with Crippen LogP contribution in [0.3, 0.4) is 0 Å². The second-order valence-corrected chi connectivity index (χ2v) is 7.19. The number of carbonyl (C=O) groups is 1. The van der Waals surface area contributed by atoms with Crippen LogP contribution in [0.15, 0.2) is 28.8 Å². The normalized spacial score (nSPS) is 15.4. The third-order valence-corrected chi connectivity index (χ3v) is 5.38. The number of nitrogens with zero attached hydrogens (tertiary/aromatic N) is 2. The lowest BCUT2D eigenvalue weighted by Gasteiger charge is -2.20. The molecule has 25 heavy (non-hydrogen) atoms. The number of carbonyl (C=O) groups excluding carboxylic acids is 1. The van der Waals surface area contributed by atoms with E-state index in [1.54, 1.807) is 17.4 Å². The molecule has 0 bridgehead atoms. The summed E-state index contributed by atoms with van der Waals surface area (Å²) < 4.78 is 5.53. The lowest BCUT2D eigenvalue weighted by atomic mass is 9.97. The minimum absolute atomic E-state index is 0.281.